The molecule has 1 aliphatic heterocycles. The molecule has 2 atom stereocenters. The number of fused-ring (bicyclic) bond motifs is 1. The van der Waals surface area contributed by atoms with Gasteiger partial charge in [-0.3, -0.25) is 4.79 Å². The molecular formula is C20H21NO3S. The number of sulfonamides is 1. The van der Waals surface area contributed by atoms with Gasteiger partial charge in [0, 0.05) is 31.3 Å². The number of carbonyl (C=O) groups is 1. The minimum Gasteiger partial charge on any atom is -0.300 e. The molecule has 2 aromatic carbocycles. The van der Waals surface area contributed by atoms with E-state index >= 15 is 0 Å². The first-order valence-electron chi connectivity index (χ1n) is 8.56. The van der Waals surface area contributed by atoms with Crippen LogP contribution in [0.2, 0.25) is 0 Å². The van der Waals surface area contributed by atoms with Gasteiger partial charge in [0.1, 0.15) is 5.78 Å². The number of aryl methyl sites for hydroxylation is 1. The van der Waals surface area contributed by atoms with Crippen LogP contribution in [0.5, 0.6) is 0 Å². The van der Waals surface area contributed by atoms with Gasteiger partial charge < -0.3 is 0 Å². The average molecular weight is 355 g/mol. The fourth-order valence-corrected chi connectivity index (χ4v) is 5.88. The number of benzene rings is 2. The summed E-state index contributed by atoms with van der Waals surface area (Å²) < 4.78 is 27.7. The molecule has 0 unspecified atom stereocenters. The molecule has 4 rings (SSSR count). The van der Waals surface area contributed by atoms with Gasteiger partial charge in [-0.15, -0.1) is 0 Å². The van der Waals surface area contributed by atoms with Gasteiger partial charge in [0.2, 0.25) is 10.0 Å². The lowest BCUT2D eigenvalue weighted by molar-refractivity contribution is -0.118. The van der Waals surface area contributed by atoms with Crippen molar-refractivity contribution in [1.29, 1.82) is 0 Å². The van der Waals surface area contributed by atoms with E-state index in [2.05, 4.69) is 0 Å². The molecule has 0 spiro atoms. The van der Waals surface area contributed by atoms with Gasteiger partial charge >= 0.3 is 0 Å². The highest BCUT2D eigenvalue weighted by Crippen LogP contribution is 2.50. The van der Waals surface area contributed by atoms with E-state index in [-0.39, 0.29) is 17.1 Å². The van der Waals surface area contributed by atoms with E-state index in [0.717, 1.165) is 11.1 Å². The van der Waals surface area contributed by atoms with Crippen molar-refractivity contribution >= 4 is 15.8 Å². The van der Waals surface area contributed by atoms with Gasteiger partial charge in [-0.25, -0.2) is 8.42 Å². The second-order valence-corrected chi connectivity index (χ2v) is 9.19. The average Bonchev–Trinajstić information content (AvgIpc) is 3.10. The lowest BCUT2D eigenvalue weighted by Crippen LogP contribution is -2.35. The molecule has 0 N–H and O–H groups in total. The molecular weight excluding hydrogens is 334 g/mol. The standard InChI is InChI=1S/C20H21NO3S/c1-15-7-9-19(10-8-15)25(23,24)21-13-17-11-18(22)12-20(17,14-21)16-5-3-2-4-6-16/h2-10,17H,11-14H2,1H3/t17-,20+/m1/s1. The van der Waals surface area contributed by atoms with Gasteiger partial charge in [-0.2, -0.15) is 4.31 Å². The molecule has 4 nitrogen and oxygen atoms in total. The Balaban J connectivity index is 1.71. The lowest BCUT2D eigenvalue weighted by atomic mass is 9.75. The number of rotatable bonds is 3. The molecule has 0 aromatic heterocycles. The van der Waals surface area contributed by atoms with Gasteiger partial charge in [0.05, 0.1) is 4.90 Å². The predicted molar refractivity (Wildman–Crippen MR) is 95.8 cm³/mol. The molecule has 0 amide bonds. The summed E-state index contributed by atoms with van der Waals surface area (Å²) in [6.07, 6.45) is 0.899. The van der Waals surface area contributed by atoms with Crippen molar-refractivity contribution in [2.45, 2.75) is 30.1 Å². The number of hydrogen-bond acceptors (Lipinski definition) is 3. The SMILES string of the molecule is Cc1ccc(S(=O)(=O)N2C[C@H]3CC(=O)C[C@@]3(c3ccccc3)C2)cc1. The van der Waals surface area contributed by atoms with Gasteiger partial charge in [0.25, 0.3) is 0 Å². The molecule has 130 valence electrons. The predicted octanol–water partition coefficient (Wildman–Crippen LogP) is 2.92. The highest BCUT2D eigenvalue weighted by atomic mass is 32.2. The molecule has 2 aliphatic rings. The largest absolute Gasteiger partial charge is 0.300 e. The molecule has 1 saturated heterocycles. The highest BCUT2D eigenvalue weighted by molar-refractivity contribution is 7.89. The molecule has 0 bridgehead atoms. The Morgan fingerprint density at radius 1 is 1.04 bits per heavy atom. The fourth-order valence-electron chi connectivity index (χ4n) is 4.33. The zero-order valence-electron chi connectivity index (χ0n) is 14.2. The zero-order valence-corrected chi connectivity index (χ0v) is 15.0. The Hall–Kier alpha value is -1.98. The highest BCUT2D eigenvalue weighted by Gasteiger charge is 2.55. The third kappa shape index (κ3) is 2.62. The quantitative estimate of drug-likeness (QED) is 0.851. The third-order valence-electron chi connectivity index (χ3n) is 5.66. The molecule has 2 aromatic rings. The van der Waals surface area contributed by atoms with E-state index in [1.807, 2.05) is 49.4 Å². The van der Waals surface area contributed by atoms with Crippen LogP contribution in [-0.2, 0) is 20.2 Å². The van der Waals surface area contributed by atoms with Crippen LogP contribution in [0.4, 0.5) is 0 Å². The number of nitrogens with zero attached hydrogens (tertiary/aromatic N) is 1. The van der Waals surface area contributed by atoms with Gasteiger partial charge in [0.15, 0.2) is 0 Å². The van der Waals surface area contributed by atoms with Crippen LogP contribution in [0.1, 0.15) is 24.0 Å². The van der Waals surface area contributed by atoms with Crippen molar-refractivity contribution in [2.75, 3.05) is 13.1 Å². The monoisotopic (exact) mass is 355 g/mol. The van der Waals surface area contributed by atoms with Crippen LogP contribution in [0.15, 0.2) is 59.5 Å². The maximum atomic E-state index is 13.1. The van der Waals surface area contributed by atoms with Crippen LogP contribution in [-0.4, -0.2) is 31.6 Å². The Kier molecular flexibility index (Phi) is 3.81. The second-order valence-electron chi connectivity index (χ2n) is 7.25. The number of Topliss-reactive ketones (excluding diaryl/α,β-unsaturated/α-hetero) is 1. The van der Waals surface area contributed by atoms with Crippen LogP contribution < -0.4 is 0 Å². The molecule has 25 heavy (non-hydrogen) atoms. The van der Waals surface area contributed by atoms with Crippen molar-refractivity contribution in [3.05, 3.63) is 65.7 Å². The fraction of sp³-hybridized carbons (Fsp3) is 0.350. The van der Waals surface area contributed by atoms with Crippen LogP contribution in [0, 0.1) is 12.8 Å². The first-order chi connectivity index (χ1) is 11.9. The van der Waals surface area contributed by atoms with Crippen LogP contribution in [0.25, 0.3) is 0 Å². The smallest absolute Gasteiger partial charge is 0.243 e. The van der Waals surface area contributed by atoms with Crippen molar-refractivity contribution < 1.29 is 13.2 Å². The first kappa shape index (κ1) is 16.5. The Labute approximate surface area is 148 Å². The summed E-state index contributed by atoms with van der Waals surface area (Å²) in [5, 5.41) is 0. The van der Waals surface area contributed by atoms with E-state index in [4.69, 9.17) is 0 Å². The number of carbonyl (C=O) groups excluding carboxylic acids is 1. The molecule has 1 heterocycles. The van der Waals surface area contributed by atoms with E-state index < -0.39 is 10.0 Å². The van der Waals surface area contributed by atoms with E-state index in [9.17, 15) is 13.2 Å². The zero-order chi connectivity index (χ0) is 17.7. The molecule has 0 radical (unpaired) electrons. The number of hydrogen-bond donors (Lipinski definition) is 0. The first-order valence-corrected chi connectivity index (χ1v) is 10.00. The van der Waals surface area contributed by atoms with Crippen molar-refractivity contribution in [1.82, 2.24) is 4.31 Å². The Morgan fingerprint density at radius 3 is 2.40 bits per heavy atom. The van der Waals surface area contributed by atoms with E-state index in [1.54, 1.807) is 16.4 Å². The minimum absolute atomic E-state index is 0.0580. The third-order valence-corrected chi connectivity index (χ3v) is 7.48. The minimum atomic E-state index is -3.54. The maximum Gasteiger partial charge on any atom is 0.243 e. The van der Waals surface area contributed by atoms with Crippen molar-refractivity contribution in [2.24, 2.45) is 5.92 Å². The summed E-state index contributed by atoms with van der Waals surface area (Å²) in [6.45, 7) is 2.73. The number of ketones is 1. The van der Waals surface area contributed by atoms with E-state index in [0.29, 0.717) is 30.8 Å². The van der Waals surface area contributed by atoms with Gasteiger partial charge in [-0.05, 0) is 30.5 Å². The van der Waals surface area contributed by atoms with Crippen LogP contribution >= 0.6 is 0 Å². The van der Waals surface area contributed by atoms with Gasteiger partial charge in [-0.1, -0.05) is 48.0 Å². The van der Waals surface area contributed by atoms with Crippen molar-refractivity contribution in [3.8, 4) is 0 Å². The summed E-state index contributed by atoms with van der Waals surface area (Å²) in [6, 6.07) is 16.9. The summed E-state index contributed by atoms with van der Waals surface area (Å²) >= 11 is 0. The Morgan fingerprint density at radius 2 is 1.72 bits per heavy atom. The normalized spacial score (nSPS) is 26.8. The van der Waals surface area contributed by atoms with Crippen LogP contribution in [0.3, 0.4) is 0 Å². The second kappa shape index (κ2) is 5.78. The molecule has 5 heteroatoms. The molecule has 2 fully saturated rings. The van der Waals surface area contributed by atoms with E-state index in [1.165, 1.54) is 0 Å². The maximum absolute atomic E-state index is 13.1. The summed E-state index contributed by atoms with van der Waals surface area (Å²) in [7, 11) is -3.54. The Bertz CT molecular complexity index is 906. The molecule has 1 aliphatic carbocycles. The topological polar surface area (TPSA) is 54.5 Å². The lowest BCUT2D eigenvalue weighted by Gasteiger charge is -2.28. The summed E-state index contributed by atoms with van der Waals surface area (Å²) in [4.78, 5) is 12.5. The van der Waals surface area contributed by atoms with Crippen molar-refractivity contribution in [3.63, 3.8) is 0 Å². The summed E-state index contributed by atoms with van der Waals surface area (Å²) in [5.41, 5.74) is 1.73. The summed E-state index contributed by atoms with van der Waals surface area (Å²) in [5.74, 6) is 0.295. The molecule has 1 saturated carbocycles.